The zero-order valence-corrected chi connectivity index (χ0v) is 18.2. The van der Waals surface area contributed by atoms with Gasteiger partial charge in [-0.15, -0.1) is 0 Å². The van der Waals surface area contributed by atoms with E-state index in [0.29, 0.717) is 5.17 Å². The van der Waals surface area contributed by atoms with Crippen LogP contribution in [-0.4, -0.2) is 46.7 Å². The Labute approximate surface area is 168 Å². The van der Waals surface area contributed by atoms with E-state index in [-0.39, 0.29) is 6.04 Å². The lowest BCUT2D eigenvalue weighted by Gasteiger charge is -2.31. The van der Waals surface area contributed by atoms with Crippen LogP contribution in [-0.2, 0) is 0 Å². The van der Waals surface area contributed by atoms with Gasteiger partial charge in [-0.05, 0) is 52.7 Å². The van der Waals surface area contributed by atoms with Gasteiger partial charge in [0.25, 0.3) is 0 Å². The molecule has 5 heteroatoms. The molecular formula is C22H32ClN4+. The predicted octanol–water partition coefficient (Wildman–Crippen LogP) is 4.52. The van der Waals surface area contributed by atoms with Gasteiger partial charge in [0.1, 0.15) is 13.1 Å². The summed E-state index contributed by atoms with van der Waals surface area (Å²) in [5.74, 6) is 3.58. The van der Waals surface area contributed by atoms with Crippen LogP contribution in [0.15, 0.2) is 46.2 Å². The Balaban J connectivity index is 2.67. The standard InChI is InChI=1S/C22H32ClN4/c1-7-26(8-2)15-16(5)21(27(9-3)10-4)17(6)20-18-13-11-12-14-19(18)22(23)25-24-20/h11-14,20,24H,7-10H2,1-6H3/q+1/b21-17+. The molecule has 1 aromatic carbocycles. The largest absolute Gasteiger partial charge is 0.371 e. The molecule has 1 atom stereocenters. The topological polar surface area (TPSA) is 30.6 Å². The first-order valence-electron chi connectivity index (χ1n) is 9.87. The van der Waals surface area contributed by atoms with Gasteiger partial charge in [-0.1, -0.05) is 35.9 Å². The van der Waals surface area contributed by atoms with E-state index in [1.165, 1.54) is 11.3 Å². The molecule has 0 spiro atoms. The molecule has 0 fully saturated rings. The highest BCUT2D eigenvalue weighted by Crippen LogP contribution is 2.33. The first kappa shape index (κ1) is 21.3. The van der Waals surface area contributed by atoms with Gasteiger partial charge < -0.3 is 4.90 Å². The van der Waals surface area contributed by atoms with E-state index >= 15 is 0 Å². The van der Waals surface area contributed by atoms with Crippen molar-refractivity contribution in [3.05, 3.63) is 52.2 Å². The monoisotopic (exact) mass is 387 g/mol. The van der Waals surface area contributed by atoms with Crippen molar-refractivity contribution in [2.75, 3.05) is 26.2 Å². The van der Waals surface area contributed by atoms with E-state index in [1.54, 1.807) is 0 Å². The molecule has 27 heavy (non-hydrogen) atoms. The molecule has 0 aliphatic carbocycles. The van der Waals surface area contributed by atoms with Gasteiger partial charge in [-0.3, -0.25) is 5.43 Å². The van der Waals surface area contributed by atoms with Crippen LogP contribution >= 0.6 is 11.6 Å². The minimum atomic E-state index is -0.00671. The third-order valence-corrected chi connectivity index (χ3v) is 5.40. The summed E-state index contributed by atoms with van der Waals surface area (Å²) in [5.41, 5.74) is 9.03. The van der Waals surface area contributed by atoms with Crippen molar-refractivity contribution < 1.29 is 4.58 Å². The summed E-state index contributed by atoms with van der Waals surface area (Å²) in [5, 5.41) is 4.87. The second-order valence-corrected chi connectivity index (χ2v) is 7.02. The number of nitrogens with zero attached hydrogens (tertiary/aromatic N) is 3. The normalized spacial score (nSPS) is 16.4. The quantitative estimate of drug-likeness (QED) is 0.423. The molecule has 0 aromatic heterocycles. The van der Waals surface area contributed by atoms with Gasteiger partial charge in [0.15, 0.2) is 11.0 Å². The third kappa shape index (κ3) is 4.63. The molecule has 1 aliphatic heterocycles. The Bertz CT molecular complexity index is 790. The smallest absolute Gasteiger partial charge is 0.172 e. The van der Waals surface area contributed by atoms with E-state index in [0.717, 1.165) is 42.9 Å². The Morgan fingerprint density at radius 1 is 1.15 bits per heavy atom. The maximum Gasteiger partial charge on any atom is 0.172 e. The first-order chi connectivity index (χ1) is 13.0. The average Bonchev–Trinajstić information content (AvgIpc) is 2.70. The van der Waals surface area contributed by atoms with Crippen molar-refractivity contribution in [3.63, 3.8) is 0 Å². The van der Waals surface area contributed by atoms with Crippen LogP contribution < -0.4 is 5.43 Å². The van der Waals surface area contributed by atoms with Gasteiger partial charge in [-0.25, -0.2) is 0 Å². The molecule has 0 saturated carbocycles. The summed E-state index contributed by atoms with van der Waals surface area (Å²) >= 11 is 6.32. The van der Waals surface area contributed by atoms with Gasteiger partial charge in [0.05, 0.1) is 17.3 Å². The van der Waals surface area contributed by atoms with Crippen LogP contribution in [0.5, 0.6) is 0 Å². The number of nitrogens with one attached hydrogen (secondary N) is 1. The maximum absolute atomic E-state index is 6.32. The van der Waals surface area contributed by atoms with Crippen LogP contribution in [0.4, 0.5) is 0 Å². The lowest BCUT2D eigenvalue weighted by molar-refractivity contribution is -0.513. The minimum absolute atomic E-state index is 0.00671. The summed E-state index contributed by atoms with van der Waals surface area (Å²) in [6.07, 6.45) is 0. The van der Waals surface area contributed by atoms with Gasteiger partial charge in [-0.2, -0.15) is 9.68 Å². The molecule has 146 valence electrons. The number of hydrazone groups is 1. The number of likely N-dealkylation sites (N-methyl/N-ethyl adjacent to an activating group) is 1. The summed E-state index contributed by atoms with van der Waals surface area (Å²) in [6.45, 7) is 16.8. The Hall–Kier alpha value is -2.03. The van der Waals surface area contributed by atoms with Crippen LogP contribution in [0, 0.1) is 0 Å². The van der Waals surface area contributed by atoms with Crippen LogP contribution in [0.25, 0.3) is 0 Å². The summed E-state index contributed by atoms with van der Waals surface area (Å²) in [6, 6.07) is 8.21. The Morgan fingerprint density at radius 3 is 2.37 bits per heavy atom. The van der Waals surface area contributed by atoms with Gasteiger partial charge in [0.2, 0.25) is 0 Å². The molecule has 0 bridgehead atoms. The van der Waals surface area contributed by atoms with Crippen molar-refractivity contribution in [1.82, 2.24) is 10.3 Å². The highest BCUT2D eigenvalue weighted by Gasteiger charge is 2.26. The first-order valence-corrected chi connectivity index (χ1v) is 10.2. The lowest BCUT2D eigenvalue weighted by atomic mass is 9.92. The molecular weight excluding hydrogens is 356 g/mol. The third-order valence-electron chi connectivity index (χ3n) is 5.12. The van der Waals surface area contributed by atoms with Crippen LogP contribution in [0.1, 0.15) is 58.7 Å². The fraction of sp³-hybridized carbons (Fsp3) is 0.500. The van der Waals surface area contributed by atoms with E-state index in [2.05, 4.69) is 79.5 Å². The zero-order chi connectivity index (χ0) is 20.0. The van der Waals surface area contributed by atoms with Gasteiger partial charge in [0, 0.05) is 18.7 Å². The second kappa shape index (κ2) is 9.77. The summed E-state index contributed by atoms with van der Waals surface area (Å²) in [4.78, 5) is 2.39. The number of fused-ring (bicyclic) bond motifs is 1. The predicted molar refractivity (Wildman–Crippen MR) is 116 cm³/mol. The number of rotatable bonds is 7. The van der Waals surface area contributed by atoms with Crippen molar-refractivity contribution >= 4 is 22.6 Å². The summed E-state index contributed by atoms with van der Waals surface area (Å²) < 4.78 is 2.21. The Morgan fingerprint density at radius 2 is 1.78 bits per heavy atom. The fourth-order valence-electron chi connectivity index (χ4n) is 3.65. The van der Waals surface area contributed by atoms with E-state index < -0.39 is 0 Å². The molecule has 1 unspecified atom stereocenters. The van der Waals surface area contributed by atoms with Crippen molar-refractivity contribution in [1.29, 1.82) is 0 Å². The SMILES string of the molecule is CCN(CC)/C(C(C)=C=[N+](CC)CC)=C(\C)C1NN=C(Cl)c2ccccc21. The molecule has 0 radical (unpaired) electrons. The van der Waals surface area contributed by atoms with Gasteiger partial charge >= 0.3 is 0 Å². The van der Waals surface area contributed by atoms with Crippen LogP contribution in [0.3, 0.4) is 0 Å². The molecule has 1 aliphatic rings. The maximum atomic E-state index is 6.32. The van der Waals surface area contributed by atoms with E-state index in [4.69, 9.17) is 11.6 Å². The molecule has 1 aromatic rings. The number of allylic oxidation sites excluding steroid dienone is 1. The second-order valence-electron chi connectivity index (χ2n) is 6.66. The minimum Gasteiger partial charge on any atom is -0.371 e. The molecule has 1 N–H and O–H groups in total. The zero-order valence-electron chi connectivity index (χ0n) is 17.4. The molecule has 1 heterocycles. The lowest BCUT2D eigenvalue weighted by Crippen LogP contribution is -2.30. The fourth-order valence-corrected chi connectivity index (χ4v) is 3.87. The number of benzene rings is 1. The number of hydrogen-bond acceptors (Lipinski definition) is 3. The highest BCUT2D eigenvalue weighted by atomic mass is 35.5. The molecule has 0 saturated heterocycles. The van der Waals surface area contributed by atoms with E-state index in [1.807, 2.05) is 12.1 Å². The Kier molecular flexibility index (Phi) is 7.70. The summed E-state index contributed by atoms with van der Waals surface area (Å²) in [7, 11) is 0. The highest BCUT2D eigenvalue weighted by molar-refractivity contribution is 6.69. The van der Waals surface area contributed by atoms with Crippen LogP contribution in [0.2, 0.25) is 0 Å². The molecule has 0 amide bonds. The number of hydrogen-bond donors (Lipinski definition) is 1. The van der Waals surface area contributed by atoms with Crippen molar-refractivity contribution in [2.24, 2.45) is 5.10 Å². The average molecular weight is 388 g/mol. The van der Waals surface area contributed by atoms with E-state index in [9.17, 15) is 0 Å². The number of halogens is 1. The van der Waals surface area contributed by atoms with Crippen molar-refractivity contribution in [3.8, 4) is 0 Å². The van der Waals surface area contributed by atoms with Crippen molar-refractivity contribution in [2.45, 2.75) is 47.6 Å². The molecule has 4 nitrogen and oxygen atoms in total. The molecule has 2 rings (SSSR count).